The Morgan fingerprint density at radius 3 is 2.63 bits per heavy atom. The number of hydrogen-bond donors (Lipinski definition) is 0. The number of thiazole rings is 1. The number of nitrogens with zero attached hydrogens (tertiary/aromatic N) is 4. The monoisotopic (exact) mass is 562 g/mol. The van der Waals surface area contributed by atoms with Crippen molar-refractivity contribution in [1.29, 1.82) is 5.26 Å². The highest BCUT2D eigenvalue weighted by atomic mass is 32.1. The van der Waals surface area contributed by atoms with Gasteiger partial charge in [0.15, 0.2) is 4.80 Å². The molecule has 0 fully saturated rings. The number of benzene rings is 3. The van der Waals surface area contributed by atoms with Crippen molar-refractivity contribution in [3.05, 3.63) is 109 Å². The molecule has 1 aliphatic rings. The first-order valence-electron chi connectivity index (χ1n) is 13.2. The Kier molecular flexibility index (Phi) is 6.77. The van der Waals surface area contributed by atoms with Crippen LogP contribution in [0, 0.1) is 11.3 Å². The molecule has 0 bridgehead atoms. The fourth-order valence-electron chi connectivity index (χ4n) is 5.54. The zero-order valence-electron chi connectivity index (χ0n) is 22.7. The van der Waals surface area contributed by atoms with Gasteiger partial charge >= 0.3 is 5.97 Å². The van der Waals surface area contributed by atoms with Gasteiger partial charge in [0.2, 0.25) is 0 Å². The highest BCUT2D eigenvalue weighted by Gasteiger charge is 2.36. The van der Waals surface area contributed by atoms with E-state index in [1.54, 1.807) is 25.5 Å². The predicted octanol–water partition coefficient (Wildman–Crippen LogP) is 4.44. The number of hydrogen-bond acceptors (Lipinski definition) is 7. The largest absolute Gasteiger partial charge is 0.496 e. The van der Waals surface area contributed by atoms with Crippen LogP contribution in [0.3, 0.4) is 0 Å². The topological polar surface area (TPSA) is 98.6 Å². The Balaban J connectivity index is 1.66. The fourth-order valence-corrected chi connectivity index (χ4v) is 6.58. The van der Waals surface area contributed by atoms with Gasteiger partial charge in [-0.3, -0.25) is 9.36 Å². The maximum absolute atomic E-state index is 14.2. The van der Waals surface area contributed by atoms with Crippen LogP contribution in [0.2, 0.25) is 0 Å². The van der Waals surface area contributed by atoms with E-state index in [2.05, 4.69) is 6.07 Å². The minimum absolute atomic E-state index is 0.187. The van der Waals surface area contributed by atoms with Crippen molar-refractivity contribution in [3.63, 3.8) is 0 Å². The minimum Gasteiger partial charge on any atom is -0.496 e. The van der Waals surface area contributed by atoms with Crippen LogP contribution >= 0.6 is 11.3 Å². The van der Waals surface area contributed by atoms with Crippen molar-refractivity contribution in [1.82, 2.24) is 9.13 Å². The summed E-state index contributed by atoms with van der Waals surface area (Å²) >= 11 is 1.26. The predicted molar refractivity (Wildman–Crippen MR) is 158 cm³/mol. The molecule has 0 unspecified atom stereocenters. The van der Waals surface area contributed by atoms with Crippen molar-refractivity contribution in [2.45, 2.75) is 26.4 Å². The summed E-state index contributed by atoms with van der Waals surface area (Å²) in [5.74, 6) is 0.0296. The molecule has 0 saturated carbocycles. The van der Waals surface area contributed by atoms with Gasteiger partial charge in [0.05, 0.1) is 35.6 Å². The summed E-state index contributed by atoms with van der Waals surface area (Å²) in [5.41, 5.74) is 2.93. The Morgan fingerprint density at radius 1 is 1.12 bits per heavy atom. The Labute approximate surface area is 239 Å². The van der Waals surface area contributed by atoms with E-state index in [4.69, 9.17) is 14.5 Å². The quantitative estimate of drug-likeness (QED) is 0.285. The van der Waals surface area contributed by atoms with E-state index >= 15 is 0 Å². The SMILES string of the molecule is CCOC(=O)C1=C(C)N=c2s/c(=C\c3cn(CC#N)c4ccccc34)c(=O)n2[C@@H]1c1c(OC)ccc2ccccc12. The average Bonchev–Trinajstić information content (AvgIpc) is 3.48. The second-order valence-electron chi connectivity index (χ2n) is 9.59. The smallest absolute Gasteiger partial charge is 0.338 e. The molecule has 0 aliphatic carbocycles. The van der Waals surface area contributed by atoms with Gasteiger partial charge in [-0.05, 0) is 42.8 Å². The van der Waals surface area contributed by atoms with Gasteiger partial charge in [0.25, 0.3) is 5.56 Å². The molecule has 6 rings (SSSR count). The summed E-state index contributed by atoms with van der Waals surface area (Å²) in [5, 5.41) is 12.1. The average molecular weight is 563 g/mol. The van der Waals surface area contributed by atoms with Gasteiger partial charge in [-0.2, -0.15) is 5.26 Å². The molecule has 2 aromatic heterocycles. The van der Waals surface area contributed by atoms with Crippen LogP contribution in [0.15, 0.2) is 87.9 Å². The second kappa shape index (κ2) is 10.6. The molecule has 8 nitrogen and oxygen atoms in total. The van der Waals surface area contributed by atoms with E-state index in [-0.39, 0.29) is 18.7 Å². The van der Waals surface area contributed by atoms with Crippen LogP contribution < -0.4 is 19.6 Å². The fraction of sp³-hybridized carbons (Fsp3) is 0.188. The van der Waals surface area contributed by atoms with Crippen molar-refractivity contribution in [3.8, 4) is 11.8 Å². The molecule has 1 atom stereocenters. The number of aromatic nitrogens is 2. The van der Waals surface area contributed by atoms with Crippen LogP contribution in [0.25, 0.3) is 27.8 Å². The van der Waals surface area contributed by atoms with Crippen LogP contribution in [0.1, 0.15) is 31.0 Å². The number of ether oxygens (including phenoxy) is 2. The lowest BCUT2D eigenvalue weighted by Crippen LogP contribution is -2.40. The Bertz CT molecular complexity index is 2110. The molecule has 41 heavy (non-hydrogen) atoms. The molecule has 0 radical (unpaired) electrons. The third kappa shape index (κ3) is 4.33. The van der Waals surface area contributed by atoms with E-state index in [0.29, 0.717) is 31.9 Å². The third-order valence-electron chi connectivity index (χ3n) is 7.29. The van der Waals surface area contributed by atoms with Gasteiger partial charge in [-0.1, -0.05) is 59.9 Å². The highest BCUT2D eigenvalue weighted by Crippen LogP contribution is 2.40. The second-order valence-corrected chi connectivity index (χ2v) is 10.6. The van der Waals surface area contributed by atoms with Gasteiger partial charge in [0, 0.05) is 28.2 Å². The molecule has 0 spiro atoms. The van der Waals surface area contributed by atoms with Crippen molar-refractivity contribution in [2.24, 2.45) is 4.99 Å². The normalized spacial score (nSPS) is 15.1. The van der Waals surface area contributed by atoms with Gasteiger partial charge in [-0.25, -0.2) is 9.79 Å². The third-order valence-corrected chi connectivity index (χ3v) is 8.27. The summed E-state index contributed by atoms with van der Waals surface area (Å²) in [6.45, 7) is 3.90. The van der Waals surface area contributed by atoms with E-state index in [0.717, 1.165) is 27.2 Å². The van der Waals surface area contributed by atoms with Gasteiger partial charge < -0.3 is 14.0 Å². The maximum Gasteiger partial charge on any atom is 0.338 e. The first-order chi connectivity index (χ1) is 20.0. The van der Waals surface area contributed by atoms with Gasteiger partial charge in [-0.15, -0.1) is 0 Å². The van der Waals surface area contributed by atoms with E-state index in [9.17, 15) is 14.9 Å². The Hall–Kier alpha value is -4.94. The lowest BCUT2D eigenvalue weighted by atomic mass is 9.90. The lowest BCUT2D eigenvalue weighted by molar-refractivity contribution is -0.139. The minimum atomic E-state index is -0.812. The van der Waals surface area contributed by atoms with Crippen LogP contribution in [-0.2, 0) is 16.1 Å². The first-order valence-corrected chi connectivity index (χ1v) is 14.0. The van der Waals surface area contributed by atoms with Crippen LogP contribution in [0.5, 0.6) is 5.75 Å². The summed E-state index contributed by atoms with van der Waals surface area (Å²) in [6.07, 6.45) is 3.72. The van der Waals surface area contributed by atoms with Crippen molar-refractivity contribution in [2.75, 3.05) is 13.7 Å². The summed E-state index contributed by atoms with van der Waals surface area (Å²) in [4.78, 5) is 32.9. The van der Waals surface area contributed by atoms with Crippen LogP contribution in [0.4, 0.5) is 0 Å². The van der Waals surface area contributed by atoms with Crippen molar-refractivity contribution < 1.29 is 14.3 Å². The zero-order chi connectivity index (χ0) is 28.7. The number of methoxy groups -OCH3 is 1. The van der Waals surface area contributed by atoms with E-state index < -0.39 is 12.0 Å². The molecule has 3 heterocycles. The number of para-hydroxylation sites is 1. The van der Waals surface area contributed by atoms with Crippen LogP contribution in [-0.4, -0.2) is 28.8 Å². The highest BCUT2D eigenvalue weighted by molar-refractivity contribution is 7.07. The zero-order valence-corrected chi connectivity index (χ0v) is 23.6. The number of allylic oxidation sites excluding steroid dienone is 1. The molecule has 204 valence electrons. The first kappa shape index (κ1) is 26.3. The number of carbonyl (C=O) groups excluding carboxylic acids is 1. The molecule has 5 aromatic rings. The molecule has 0 saturated heterocycles. The Morgan fingerprint density at radius 2 is 1.88 bits per heavy atom. The lowest BCUT2D eigenvalue weighted by Gasteiger charge is -2.27. The summed E-state index contributed by atoms with van der Waals surface area (Å²) < 4.78 is 15.2. The number of fused-ring (bicyclic) bond motifs is 3. The number of carbonyl (C=O) groups is 1. The molecule has 9 heteroatoms. The number of esters is 1. The number of nitriles is 1. The molecule has 3 aromatic carbocycles. The molecule has 0 amide bonds. The maximum atomic E-state index is 14.2. The summed E-state index contributed by atoms with van der Waals surface area (Å²) in [7, 11) is 1.58. The van der Waals surface area contributed by atoms with Crippen molar-refractivity contribution >= 4 is 45.1 Å². The van der Waals surface area contributed by atoms with E-state index in [1.165, 1.54) is 11.3 Å². The molecular formula is C32H26N4O4S. The van der Waals surface area contributed by atoms with E-state index in [1.807, 2.05) is 77.5 Å². The molecular weight excluding hydrogens is 536 g/mol. The summed E-state index contributed by atoms with van der Waals surface area (Å²) in [6, 6.07) is 20.8. The molecule has 0 N–H and O–H groups in total. The number of rotatable bonds is 6. The standard InChI is InChI=1S/C32H26N4O4S/c1-4-40-31(38)27-19(2)34-32-36(29(27)28-23-11-6-5-9-20(23)13-14-25(28)39-3)30(37)26(41-32)17-21-18-35(16-15-33)24-12-8-7-10-22(21)24/h5-14,17-18,29H,4,16H2,1-3H3/b26-17-/t29-/m0/s1. The molecule has 1 aliphatic heterocycles. The van der Waals surface area contributed by atoms with Gasteiger partial charge in [0.1, 0.15) is 18.3 Å².